The number of methoxy groups -OCH3 is 3. The van der Waals surface area contributed by atoms with Crippen molar-refractivity contribution in [1.82, 2.24) is 0 Å². The lowest BCUT2D eigenvalue weighted by molar-refractivity contribution is 0.356. The van der Waals surface area contributed by atoms with Crippen LogP contribution in [0.3, 0.4) is 0 Å². The molecule has 0 unspecified atom stereocenters. The summed E-state index contributed by atoms with van der Waals surface area (Å²) in [5.74, 6) is 2.38. The van der Waals surface area contributed by atoms with Crippen molar-refractivity contribution >= 4 is 6.08 Å². The van der Waals surface area contributed by atoms with Gasteiger partial charge in [-0.25, -0.2) is 0 Å². The van der Waals surface area contributed by atoms with Crippen LogP contribution < -0.4 is 14.2 Å². The molecule has 21 heavy (non-hydrogen) atoms. The molecule has 2 aromatic carbocycles. The van der Waals surface area contributed by atoms with Gasteiger partial charge in [0.2, 0.25) is 0 Å². The van der Waals surface area contributed by atoms with Gasteiger partial charge in [0.15, 0.2) is 11.5 Å². The summed E-state index contributed by atoms with van der Waals surface area (Å²) in [7, 11) is 5.02. The third kappa shape index (κ3) is 2.25. The Morgan fingerprint density at radius 3 is 2.48 bits per heavy atom. The van der Waals surface area contributed by atoms with Crippen molar-refractivity contribution in [1.29, 1.82) is 0 Å². The molecule has 0 saturated carbocycles. The molecule has 3 nitrogen and oxygen atoms in total. The fourth-order valence-corrected chi connectivity index (χ4v) is 2.78. The zero-order valence-electron chi connectivity index (χ0n) is 12.5. The number of ether oxygens (including phenoxy) is 3. The summed E-state index contributed by atoms with van der Waals surface area (Å²) < 4.78 is 16.4. The number of hydrogen-bond acceptors (Lipinski definition) is 3. The summed E-state index contributed by atoms with van der Waals surface area (Å²) in [5, 5.41) is 0. The maximum Gasteiger partial charge on any atom is 0.169 e. The molecule has 0 saturated heterocycles. The Balaban J connectivity index is 2.30. The molecule has 0 fully saturated rings. The minimum absolute atomic E-state index is 0.744. The number of allylic oxidation sites excluding steroid dienone is 1. The van der Waals surface area contributed by atoms with Crippen LogP contribution in [-0.2, 0) is 6.42 Å². The Hall–Kier alpha value is -2.42. The lowest BCUT2D eigenvalue weighted by atomic mass is 9.95. The summed E-state index contributed by atoms with van der Waals surface area (Å²) >= 11 is 0. The number of benzene rings is 2. The van der Waals surface area contributed by atoms with Crippen molar-refractivity contribution in [2.45, 2.75) is 6.42 Å². The fraction of sp³-hybridized carbons (Fsp3) is 0.222. The van der Waals surface area contributed by atoms with E-state index in [2.05, 4.69) is 30.4 Å². The summed E-state index contributed by atoms with van der Waals surface area (Å²) in [6.45, 7) is 0. The van der Waals surface area contributed by atoms with E-state index in [0.717, 1.165) is 40.4 Å². The van der Waals surface area contributed by atoms with Crippen molar-refractivity contribution in [2.24, 2.45) is 0 Å². The molecule has 0 amide bonds. The molecule has 2 aromatic rings. The number of hydrogen-bond donors (Lipinski definition) is 0. The molecular formula is C18H18O3. The molecule has 0 N–H and O–H groups in total. The molecule has 3 heteroatoms. The number of rotatable bonds is 3. The molecule has 0 bridgehead atoms. The van der Waals surface area contributed by atoms with E-state index >= 15 is 0 Å². The van der Waals surface area contributed by atoms with Crippen LogP contribution in [0.5, 0.6) is 17.2 Å². The van der Waals surface area contributed by atoms with Crippen molar-refractivity contribution in [3.8, 4) is 28.4 Å². The minimum atomic E-state index is 0.744. The van der Waals surface area contributed by atoms with E-state index in [4.69, 9.17) is 14.2 Å². The Labute approximate surface area is 124 Å². The molecule has 1 aliphatic rings. The van der Waals surface area contributed by atoms with E-state index in [1.165, 1.54) is 5.56 Å². The van der Waals surface area contributed by atoms with E-state index in [1.54, 1.807) is 21.3 Å². The van der Waals surface area contributed by atoms with Gasteiger partial charge in [0.05, 0.1) is 21.3 Å². The molecule has 0 atom stereocenters. The highest BCUT2D eigenvalue weighted by Gasteiger charge is 2.19. The van der Waals surface area contributed by atoms with E-state index in [-0.39, 0.29) is 0 Å². The predicted molar refractivity (Wildman–Crippen MR) is 84.3 cm³/mol. The SMILES string of the molecule is COc1ccc2c(c1)CC=Cc1ccc(OC)c(OC)c1-2. The van der Waals surface area contributed by atoms with Crippen molar-refractivity contribution in [2.75, 3.05) is 21.3 Å². The van der Waals surface area contributed by atoms with Crippen LogP contribution in [0.1, 0.15) is 11.1 Å². The van der Waals surface area contributed by atoms with Gasteiger partial charge in [0.1, 0.15) is 5.75 Å². The Bertz CT molecular complexity index is 702. The average Bonchev–Trinajstić information content (AvgIpc) is 2.72. The zero-order valence-corrected chi connectivity index (χ0v) is 12.5. The molecule has 0 aliphatic heterocycles. The van der Waals surface area contributed by atoms with Gasteiger partial charge in [-0.1, -0.05) is 24.3 Å². The summed E-state index contributed by atoms with van der Waals surface area (Å²) in [6.07, 6.45) is 5.16. The first-order valence-electron chi connectivity index (χ1n) is 6.87. The Morgan fingerprint density at radius 1 is 0.905 bits per heavy atom. The summed E-state index contributed by atoms with van der Waals surface area (Å²) in [6, 6.07) is 10.1. The van der Waals surface area contributed by atoms with E-state index in [9.17, 15) is 0 Å². The largest absolute Gasteiger partial charge is 0.497 e. The highest BCUT2D eigenvalue weighted by molar-refractivity contribution is 5.86. The van der Waals surface area contributed by atoms with Crippen LogP contribution in [0.4, 0.5) is 0 Å². The maximum absolute atomic E-state index is 5.61. The van der Waals surface area contributed by atoms with E-state index in [1.807, 2.05) is 12.1 Å². The van der Waals surface area contributed by atoms with Crippen LogP contribution in [0.25, 0.3) is 17.2 Å². The van der Waals surface area contributed by atoms with Gasteiger partial charge in [0, 0.05) is 5.56 Å². The molecule has 0 heterocycles. The van der Waals surface area contributed by atoms with Gasteiger partial charge in [-0.2, -0.15) is 0 Å². The standard InChI is InChI=1S/C18H18O3/c1-19-14-8-9-15-13(11-14)6-4-5-12-7-10-16(20-2)18(21-3)17(12)15/h4-5,7-11H,6H2,1-3H3. The lowest BCUT2D eigenvalue weighted by Gasteiger charge is -2.17. The van der Waals surface area contributed by atoms with Gasteiger partial charge in [-0.15, -0.1) is 0 Å². The van der Waals surface area contributed by atoms with Gasteiger partial charge >= 0.3 is 0 Å². The average molecular weight is 282 g/mol. The first-order chi connectivity index (χ1) is 10.3. The van der Waals surface area contributed by atoms with E-state index < -0.39 is 0 Å². The highest BCUT2D eigenvalue weighted by atomic mass is 16.5. The summed E-state index contributed by atoms with van der Waals surface area (Å²) in [4.78, 5) is 0. The number of fused-ring (bicyclic) bond motifs is 3. The second kappa shape index (κ2) is 5.52. The monoisotopic (exact) mass is 282 g/mol. The van der Waals surface area contributed by atoms with Crippen LogP contribution in [0, 0.1) is 0 Å². The lowest BCUT2D eigenvalue weighted by Crippen LogP contribution is -1.97. The van der Waals surface area contributed by atoms with Crippen molar-refractivity contribution in [3.05, 3.63) is 47.5 Å². The summed E-state index contributed by atoms with van der Waals surface area (Å²) in [5.41, 5.74) is 4.59. The normalized spacial score (nSPS) is 12.1. The minimum Gasteiger partial charge on any atom is -0.497 e. The van der Waals surface area contributed by atoms with Gasteiger partial charge in [-0.05, 0) is 41.3 Å². The van der Waals surface area contributed by atoms with Gasteiger partial charge in [-0.3, -0.25) is 0 Å². The van der Waals surface area contributed by atoms with Crippen LogP contribution in [-0.4, -0.2) is 21.3 Å². The topological polar surface area (TPSA) is 27.7 Å². The quantitative estimate of drug-likeness (QED) is 0.853. The first-order valence-corrected chi connectivity index (χ1v) is 6.87. The van der Waals surface area contributed by atoms with Crippen molar-refractivity contribution < 1.29 is 14.2 Å². The molecular weight excluding hydrogens is 264 g/mol. The smallest absolute Gasteiger partial charge is 0.169 e. The van der Waals surface area contributed by atoms with Crippen molar-refractivity contribution in [3.63, 3.8) is 0 Å². The third-order valence-corrected chi connectivity index (χ3v) is 3.79. The van der Waals surface area contributed by atoms with Gasteiger partial charge < -0.3 is 14.2 Å². The van der Waals surface area contributed by atoms with Crippen LogP contribution in [0.2, 0.25) is 0 Å². The highest BCUT2D eigenvalue weighted by Crippen LogP contribution is 2.44. The van der Waals surface area contributed by atoms with E-state index in [0.29, 0.717) is 0 Å². The molecule has 0 radical (unpaired) electrons. The zero-order chi connectivity index (χ0) is 14.8. The van der Waals surface area contributed by atoms with Crippen LogP contribution in [0.15, 0.2) is 36.4 Å². The molecule has 0 aromatic heterocycles. The molecule has 0 spiro atoms. The third-order valence-electron chi connectivity index (χ3n) is 3.79. The Morgan fingerprint density at radius 2 is 1.76 bits per heavy atom. The molecule has 108 valence electrons. The Kier molecular flexibility index (Phi) is 3.57. The molecule has 3 rings (SSSR count). The first kappa shape index (κ1) is 13.6. The fourth-order valence-electron chi connectivity index (χ4n) is 2.78. The second-order valence-electron chi connectivity index (χ2n) is 4.89. The molecule has 1 aliphatic carbocycles. The van der Waals surface area contributed by atoms with Crippen LogP contribution >= 0.6 is 0 Å². The second-order valence-corrected chi connectivity index (χ2v) is 4.89. The predicted octanol–water partition coefficient (Wildman–Crippen LogP) is 3.95. The maximum atomic E-state index is 5.61. The van der Waals surface area contributed by atoms with Gasteiger partial charge in [0.25, 0.3) is 0 Å².